The van der Waals surface area contributed by atoms with E-state index >= 15 is 0 Å². The lowest BCUT2D eigenvalue weighted by molar-refractivity contribution is 0.781. The van der Waals surface area contributed by atoms with Gasteiger partial charge in [-0.05, 0) is 0 Å². The Morgan fingerprint density at radius 3 is 2.39 bits per heavy atom. The summed E-state index contributed by atoms with van der Waals surface area (Å²) in [6.07, 6.45) is 2.11. The van der Waals surface area contributed by atoms with E-state index in [1.54, 1.807) is 7.05 Å². The first-order chi connectivity index (χ1) is 8.74. The summed E-state index contributed by atoms with van der Waals surface area (Å²) in [5, 5.41) is 20.1. The second kappa shape index (κ2) is 6.92. The van der Waals surface area contributed by atoms with Gasteiger partial charge in [0.15, 0.2) is 11.6 Å². The fraction of sp³-hybridized carbons (Fsp3) is 0.455. The number of nitriles is 2. The fourth-order valence-corrected chi connectivity index (χ4v) is 1.53. The van der Waals surface area contributed by atoms with E-state index in [1.807, 2.05) is 4.90 Å². The molecule has 0 bridgehead atoms. The molecule has 1 aromatic rings. The number of hydrogen-bond acceptors (Lipinski definition) is 7. The number of hydrogen-bond donors (Lipinski definition) is 2. The molecular weight excluding hydrogens is 230 g/mol. The highest BCUT2D eigenvalue weighted by molar-refractivity contribution is 5.74. The molecule has 0 amide bonds. The third-order valence-electron chi connectivity index (χ3n) is 2.39. The summed E-state index contributed by atoms with van der Waals surface area (Å²) in [4.78, 5) is 9.94. The van der Waals surface area contributed by atoms with E-state index in [9.17, 15) is 0 Å². The molecule has 3 N–H and O–H groups in total. The molecule has 0 aromatic carbocycles. The van der Waals surface area contributed by atoms with Gasteiger partial charge >= 0.3 is 0 Å². The first kappa shape index (κ1) is 13.5. The molecule has 1 heterocycles. The van der Waals surface area contributed by atoms with Gasteiger partial charge in [-0.3, -0.25) is 0 Å². The van der Waals surface area contributed by atoms with Crippen LogP contribution in [-0.2, 0) is 0 Å². The Morgan fingerprint density at radius 1 is 1.28 bits per heavy atom. The van der Waals surface area contributed by atoms with Crippen LogP contribution >= 0.6 is 0 Å². The summed E-state index contributed by atoms with van der Waals surface area (Å²) >= 11 is 0. The van der Waals surface area contributed by atoms with Gasteiger partial charge in [0.1, 0.15) is 12.0 Å². The highest BCUT2D eigenvalue weighted by Crippen LogP contribution is 2.25. The molecular formula is C11H15N7. The third-order valence-corrected chi connectivity index (χ3v) is 2.39. The molecule has 0 radical (unpaired) electrons. The Bertz CT molecular complexity index is 453. The minimum atomic E-state index is 0.351. The van der Waals surface area contributed by atoms with Crippen molar-refractivity contribution in [2.75, 3.05) is 36.1 Å². The molecule has 18 heavy (non-hydrogen) atoms. The third kappa shape index (κ3) is 3.22. The maximum Gasteiger partial charge on any atom is 0.157 e. The number of nitrogens with one attached hydrogen (secondary N) is 1. The molecule has 1 rings (SSSR count). The quantitative estimate of drug-likeness (QED) is 0.759. The summed E-state index contributed by atoms with van der Waals surface area (Å²) in [7, 11) is 1.72. The van der Waals surface area contributed by atoms with Crippen molar-refractivity contribution in [1.82, 2.24) is 9.97 Å². The molecule has 0 saturated carbocycles. The molecule has 0 saturated heterocycles. The monoisotopic (exact) mass is 245 g/mol. The van der Waals surface area contributed by atoms with Crippen molar-refractivity contribution in [2.24, 2.45) is 0 Å². The van der Waals surface area contributed by atoms with Gasteiger partial charge in [0.05, 0.1) is 25.0 Å². The predicted molar refractivity (Wildman–Crippen MR) is 68.7 cm³/mol. The largest absolute Gasteiger partial charge is 0.393 e. The lowest BCUT2D eigenvalue weighted by Gasteiger charge is -2.23. The van der Waals surface area contributed by atoms with Crippen LogP contribution in [0.25, 0.3) is 0 Å². The van der Waals surface area contributed by atoms with E-state index in [1.165, 1.54) is 6.33 Å². The number of aromatic nitrogens is 2. The second-order valence-electron chi connectivity index (χ2n) is 3.51. The maximum atomic E-state index is 8.64. The molecule has 0 unspecified atom stereocenters. The zero-order valence-corrected chi connectivity index (χ0v) is 10.2. The van der Waals surface area contributed by atoms with Crippen molar-refractivity contribution in [1.29, 1.82) is 10.5 Å². The van der Waals surface area contributed by atoms with Gasteiger partial charge in [-0.2, -0.15) is 10.5 Å². The zero-order valence-electron chi connectivity index (χ0n) is 10.2. The van der Waals surface area contributed by atoms with Crippen LogP contribution in [0.3, 0.4) is 0 Å². The van der Waals surface area contributed by atoms with E-state index in [2.05, 4.69) is 27.4 Å². The number of nitrogens with two attached hydrogens (primary N) is 1. The van der Waals surface area contributed by atoms with Gasteiger partial charge < -0.3 is 16.0 Å². The van der Waals surface area contributed by atoms with Gasteiger partial charge in [0, 0.05) is 20.1 Å². The Kier molecular flexibility index (Phi) is 5.20. The van der Waals surface area contributed by atoms with Crippen LogP contribution < -0.4 is 16.0 Å². The van der Waals surface area contributed by atoms with Crippen molar-refractivity contribution in [2.45, 2.75) is 12.8 Å². The van der Waals surface area contributed by atoms with Crippen LogP contribution in [0, 0.1) is 22.7 Å². The van der Waals surface area contributed by atoms with Crippen molar-refractivity contribution >= 4 is 17.3 Å². The highest BCUT2D eigenvalue weighted by atomic mass is 15.2. The molecule has 0 atom stereocenters. The summed E-state index contributed by atoms with van der Waals surface area (Å²) in [6.45, 7) is 0.977. The van der Waals surface area contributed by atoms with E-state index in [4.69, 9.17) is 16.3 Å². The Hall–Kier alpha value is -2.54. The van der Waals surface area contributed by atoms with E-state index in [-0.39, 0.29) is 0 Å². The minimum Gasteiger partial charge on any atom is -0.393 e. The average Bonchev–Trinajstić information content (AvgIpc) is 2.40. The normalized spacial score (nSPS) is 9.28. The Morgan fingerprint density at radius 2 is 1.89 bits per heavy atom. The second-order valence-corrected chi connectivity index (χ2v) is 3.51. The van der Waals surface area contributed by atoms with Crippen molar-refractivity contribution in [3.63, 3.8) is 0 Å². The lowest BCUT2D eigenvalue weighted by atomic mass is 10.3. The molecule has 0 aliphatic carbocycles. The number of nitrogen functional groups attached to an aromatic ring is 1. The molecule has 0 fully saturated rings. The molecule has 0 aliphatic rings. The number of rotatable bonds is 6. The van der Waals surface area contributed by atoms with Gasteiger partial charge in [-0.15, -0.1) is 0 Å². The molecule has 7 nitrogen and oxygen atoms in total. The Labute approximate surface area is 106 Å². The molecule has 94 valence electrons. The van der Waals surface area contributed by atoms with Crippen LogP contribution in [0.4, 0.5) is 17.3 Å². The van der Waals surface area contributed by atoms with Crippen LogP contribution in [0.1, 0.15) is 12.8 Å². The first-order valence-corrected chi connectivity index (χ1v) is 5.51. The average molecular weight is 245 g/mol. The summed E-state index contributed by atoms with van der Waals surface area (Å²) in [6, 6.07) is 4.14. The summed E-state index contributed by atoms with van der Waals surface area (Å²) in [5.74, 6) is 1.10. The topological polar surface area (TPSA) is 115 Å². The minimum absolute atomic E-state index is 0.351. The summed E-state index contributed by atoms with van der Waals surface area (Å²) in [5.41, 5.74) is 6.37. The number of anilines is 3. The van der Waals surface area contributed by atoms with E-state index in [0.29, 0.717) is 43.3 Å². The first-order valence-electron chi connectivity index (χ1n) is 5.51. The summed E-state index contributed by atoms with van der Waals surface area (Å²) < 4.78 is 0. The van der Waals surface area contributed by atoms with Gasteiger partial charge in [-0.25, -0.2) is 9.97 Å². The van der Waals surface area contributed by atoms with Crippen molar-refractivity contribution < 1.29 is 0 Å². The van der Waals surface area contributed by atoms with Gasteiger partial charge in [0.25, 0.3) is 0 Å². The molecule has 7 heteroatoms. The fourth-order valence-electron chi connectivity index (χ4n) is 1.53. The standard InChI is InChI=1S/C11H15N7/c1-15-10-9(14)11(17-8-16-10)18(6-2-4-12)7-3-5-13/h8H,2-3,6-7,14H2,1H3,(H,15,16,17). The Balaban J connectivity index is 2.97. The molecule has 1 aromatic heterocycles. The number of nitrogens with zero attached hydrogens (tertiary/aromatic N) is 5. The van der Waals surface area contributed by atoms with Crippen LogP contribution in [0.5, 0.6) is 0 Å². The van der Waals surface area contributed by atoms with Crippen LogP contribution in [0.2, 0.25) is 0 Å². The van der Waals surface area contributed by atoms with Crippen LogP contribution in [-0.4, -0.2) is 30.1 Å². The van der Waals surface area contributed by atoms with Gasteiger partial charge in [0.2, 0.25) is 0 Å². The van der Waals surface area contributed by atoms with E-state index < -0.39 is 0 Å². The predicted octanol–water partition coefficient (Wildman–Crippen LogP) is 0.734. The zero-order chi connectivity index (χ0) is 13.4. The molecule has 0 aliphatic heterocycles. The molecule has 0 spiro atoms. The smallest absolute Gasteiger partial charge is 0.157 e. The van der Waals surface area contributed by atoms with Crippen molar-refractivity contribution in [3.8, 4) is 12.1 Å². The van der Waals surface area contributed by atoms with E-state index in [0.717, 1.165) is 0 Å². The van der Waals surface area contributed by atoms with Crippen LogP contribution in [0.15, 0.2) is 6.33 Å². The maximum absolute atomic E-state index is 8.64. The SMILES string of the molecule is CNc1ncnc(N(CCC#N)CCC#N)c1N. The lowest BCUT2D eigenvalue weighted by Crippen LogP contribution is -2.27. The highest BCUT2D eigenvalue weighted by Gasteiger charge is 2.14. The van der Waals surface area contributed by atoms with Gasteiger partial charge in [-0.1, -0.05) is 0 Å². The van der Waals surface area contributed by atoms with Crippen molar-refractivity contribution in [3.05, 3.63) is 6.33 Å².